The second kappa shape index (κ2) is 9.36. The first-order chi connectivity index (χ1) is 11.2. The Labute approximate surface area is 167 Å². The maximum Gasteiger partial charge on any atom is 0.191 e. The van der Waals surface area contributed by atoms with Crippen molar-refractivity contribution < 1.29 is 0 Å². The van der Waals surface area contributed by atoms with E-state index in [-0.39, 0.29) is 24.0 Å². The first-order valence-corrected chi connectivity index (χ1v) is 9.94. The predicted molar refractivity (Wildman–Crippen MR) is 114 cm³/mol. The molecule has 3 rings (SSSR count). The van der Waals surface area contributed by atoms with Gasteiger partial charge in [0, 0.05) is 30.9 Å². The van der Waals surface area contributed by atoms with E-state index < -0.39 is 0 Å². The van der Waals surface area contributed by atoms with E-state index in [1.54, 1.807) is 0 Å². The van der Waals surface area contributed by atoms with E-state index in [4.69, 9.17) is 4.99 Å². The van der Waals surface area contributed by atoms with E-state index in [0.29, 0.717) is 0 Å². The summed E-state index contributed by atoms with van der Waals surface area (Å²) in [5, 5.41) is 8.08. The molecule has 1 heterocycles. The Hall–Kier alpha value is -0.370. The zero-order valence-electron chi connectivity index (χ0n) is 15.1. The number of nitrogens with one attached hydrogen (secondary N) is 2. The van der Waals surface area contributed by atoms with Crippen LogP contribution in [0, 0.1) is 31.6 Å². The van der Waals surface area contributed by atoms with Gasteiger partial charge in [-0.2, -0.15) is 0 Å². The molecule has 2 aliphatic carbocycles. The molecule has 2 fully saturated rings. The first-order valence-electron chi connectivity index (χ1n) is 9.12. The molecular formula is C18H31IN4S. The minimum atomic E-state index is 0. The molecular weight excluding hydrogens is 431 g/mol. The van der Waals surface area contributed by atoms with Gasteiger partial charge < -0.3 is 10.6 Å². The Kier molecular flexibility index (Phi) is 7.78. The van der Waals surface area contributed by atoms with Crippen LogP contribution in [0.4, 0.5) is 0 Å². The largest absolute Gasteiger partial charge is 0.357 e. The van der Waals surface area contributed by atoms with Crippen LogP contribution in [0.5, 0.6) is 0 Å². The van der Waals surface area contributed by atoms with Crippen LogP contribution in [-0.2, 0) is 6.42 Å². The van der Waals surface area contributed by atoms with E-state index in [9.17, 15) is 0 Å². The van der Waals surface area contributed by atoms with Crippen molar-refractivity contribution in [2.24, 2.45) is 22.7 Å². The highest BCUT2D eigenvalue weighted by Crippen LogP contribution is 2.49. The third-order valence-corrected chi connectivity index (χ3v) is 6.10. The minimum Gasteiger partial charge on any atom is -0.357 e. The molecule has 0 radical (unpaired) electrons. The third kappa shape index (κ3) is 5.86. The number of thiazole rings is 1. The molecule has 0 unspecified atom stereocenters. The monoisotopic (exact) mass is 462 g/mol. The van der Waals surface area contributed by atoms with E-state index >= 15 is 0 Å². The third-order valence-electron chi connectivity index (χ3n) is 4.96. The Bertz CT molecular complexity index is 518. The SMILES string of the molecule is CCNC(=NCC(C1CC1)C1CC1)NCCc1nc(C)c(C)s1.I. The molecule has 0 atom stereocenters. The lowest BCUT2D eigenvalue weighted by molar-refractivity contribution is 0.417. The lowest BCUT2D eigenvalue weighted by Gasteiger charge is -2.15. The molecule has 0 aliphatic heterocycles. The van der Waals surface area contributed by atoms with Crippen molar-refractivity contribution in [3.63, 3.8) is 0 Å². The van der Waals surface area contributed by atoms with Crippen molar-refractivity contribution in [3.8, 4) is 0 Å². The number of aromatic nitrogens is 1. The number of hydrogen-bond donors (Lipinski definition) is 2. The van der Waals surface area contributed by atoms with Crippen LogP contribution in [0.3, 0.4) is 0 Å². The Balaban J connectivity index is 0.00000208. The summed E-state index contributed by atoms with van der Waals surface area (Å²) in [5.41, 5.74) is 1.17. The molecule has 2 saturated carbocycles. The Morgan fingerprint density at radius 3 is 2.38 bits per heavy atom. The van der Waals surface area contributed by atoms with Crippen molar-refractivity contribution in [1.29, 1.82) is 0 Å². The van der Waals surface area contributed by atoms with Gasteiger partial charge in [-0.15, -0.1) is 35.3 Å². The van der Waals surface area contributed by atoms with Crippen molar-refractivity contribution in [1.82, 2.24) is 15.6 Å². The van der Waals surface area contributed by atoms with Gasteiger partial charge in [-0.25, -0.2) is 4.98 Å². The summed E-state index contributed by atoms with van der Waals surface area (Å²) in [4.78, 5) is 10.8. The second-order valence-electron chi connectivity index (χ2n) is 6.98. The van der Waals surface area contributed by atoms with Crippen LogP contribution in [0.2, 0.25) is 0 Å². The normalized spacial score (nSPS) is 17.8. The van der Waals surface area contributed by atoms with Crippen molar-refractivity contribution >= 4 is 41.3 Å². The second-order valence-corrected chi connectivity index (χ2v) is 8.27. The summed E-state index contributed by atoms with van der Waals surface area (Å²) >= 11 is 1.81. The zero-order chi connectivity index (χ0) is 16.2. The highest BCUT2D eigenvalue weighted by molar-refractivity contribution is 14.0. The molecule has 2 aliphatic rings. The lowest BCUT2D eigenvalue weighted by Crippen LogP contribution is -2.38. The number of rotatable bonds is 8. The summed E-state index contributed by atoms with van der Waals surface area (Å²) in [6.07, 6.45) is 6.71. The number of guanidine groups is 1. The number of aliphatic imine (C=N–C) groups is 1. The van der Waals surface area contributed by atoms with Crippen LogP contribution in [-0.4, -0.2) is 30.6 Å². The summed E-state index contributed by atoms with van der Waals surface area (Å²) in [6.45, 7) is 9.17. The predicted octanol–water partition coefficient (Wildman–Crippen LogP) is 3.91. The highest BCUT2D eigenvalue weighted by Gasteiger charge is 2.41. The highest BCUT2D eigenvalue weighted by atomic mass is 127. The molecule has 4 nitrogen and oxygen atoms in total. The fourth-order valence-corrected chi connectivity index (χ4v) is 4.14. The first kappa shape index (κ1) is 19.9. The number of halogens is 1. The summed E-state index contributed by atoms with van der Waals surface area (Å²) in [6, 6.07) is 0. The number of aryl methyl sites for hydroxylation is 2. The van der Waals surface area contributed by atoms with Crippen LogP contribution in [0.1, 0.15) is 48.2 Å². The van der Waals surface area contributed by atoms with Crippen molar-refractivity contribution in [3.05, 3.63) is 15.6 Å². The smallest absolute Gasteiger partial charge is 0.191 e. The summed E-state index contributed by atoms with van der Waals surface area (Å²) < 4.78 is 0. The number of hydrogen-bond acceptors (Lipinski definition) is 3. The van der Waals surface area contributed by atoms with Crippen molar-refractivity contribution in [2.45, 2.75) is 52.9 Å². The van der Waals surface area contributed by atoms with Gasteiger partial charge in [0.2, 0.25) is 0 Å². The molecule has 6 heteroatoms. The fraction of sp³-hybridized carbons (Fsp3) is 0.778. The topological polar surface area (TPSA) is 49.3 Å². The maximum atomic E-state index is 4.87. The van der Waals surface area contributed by atoms with Gasteiger partial charge in [0.1, 0.15) is 0 Å². The van der Waals surface area contributed by atoms with Crippen molar-refractivity contribution in [2.75, 3.05) is 19.6 Å². The molecule has 0 spiro atoms. The molecule has 0 bridgehead atoms. The van der Waals surface area contributed by atoms with Crippen LogP contribution in [0.15, 0.2) is 4.99 Å². The Morgan fingerprint density at radius 2 is 1.88 bits per heavy atom. The summed E-state index contributed by atoms with van der Waals surface area (Å²) in [5.74, 6) is 3.75. The Morgan fingerprint density at radius 1 is 1.21 bits per heavy atom. The van der Waals surface area contributed by atoms with Gasteiger partial charge in [0.05, 0.1) is 10.7 Å². The van der Waals surface area contributed by atoms with Crippen LogP contribution < -0.4 is 10.6 Å². The molecule has 0 saturated heterocycles. The summed E-state index contributed by atoms with van der Waals surface area (Å²) in [7, 11) is 0. The molecule has 136 valence electrons. The number of nitrogens with zero attached hydrogens (tertiary/aromatic N) is 2. The average Bonchev–Trinajstić information content (AvgIpc) is 3.41. The molecule has 24 heavy (non-hydrogen) atoms. The molecule has 1 aromatic rings. The van der Waals surface area contributed by atoms with E-state index in [1.807, 2.05) is 11.3 Å². The molecule has 1 aromatic heterocycles. The van der Waals surface area contributed by atoms with Gasteiger partial charge in [-0.3, -0.25) is 4.99 Å². The van der Waals surface area contributed by atoms with E-state index in [2.05, 4.69) is 36.4 Å². The maximum absolute atomic E-state index is 4.87. The molecule has 2 N–H and O–H groups in total. The van der Waals surface area contributed by atoms with Gasteiger partial charge in [0.25, 0.3) is 0 Å². The van der Waals surface area contributed by atoms with E-state index in [0.717, 1.165) is 49.8 Å². The minimum absolute atomic E-state index is 0. The lowest BCUT2D eigenvalue weighted by atomic mass is 9.98. The van der Waals surface area contributed by atoms with Crippen LogP contribution in [0.25, 0.3) is 0 Å². The molecule has 0 aromatic carbocycles. The fourth-order valence-electron chi connectivity index (χ4n) is 3.20. The zero-order valence-corrected chi connectivity index (χ0v) is 18.2. The van der Waals surface area contributed by atoms with Gasteiger partial charge >= 0.3 is 0 Å². The quantitative estimate of drug-likeness (QED) is 0.350. The average molecular weight is 462 g/mol. The van der Waals surface area contributed by atoms with E-state index in [1.165, 1.54) is 41.3 Å². The standard InChI is InChI=1S/C18H30N4S.HI/c1-4-19-18(20-10-9-17-22-12(2)13(3)23-17)21-11-16(14-5-6-14)15-7-8-15;/h14-16H,4-11H2,1-3H3,(H2,19,20,21);1H. The molecule has 0 amide bonds. The van der Waals surface area contributed by atoms with Gasteiger partial charge in [-0.05, 0) is 64.2 Å². The van der Waals surface area contributed by atoms with Gasteiger partial charge in [-0.1, -0.05) is 0 Å². The van der Waals surface area contributed by atoms with Crippen LogP contribution >= 0.6 is 35.3 Å². The van der Waals surface area contributed by atoms with Gasteiger partial charge in [0.15, 0.2) is 5.96 Å².